The largest absolute Gasteiger partial charge is 0.487 e. The molecule has 28 heavy (non-hydrogen) atoms. The minimum Gasteiger partial charge on any atom is -0.487 e. The van der Waals surface area contributed by atoms with Crippen LogP contribution in [0.25, 0.3) is 0 Å². The maximum atomic E-state index is 12.6. The summed E-state index contributed by atoms with van der Waals surface area (Å²) in [6, 6.07) is 15.7. The van der Waals surface area contributed by atoms with Crippen molar-refractivity contribution >= 4 is 21.4 Å². The van der Waals surface area contributed by atoms with Gasteiger partial charge in [0.25, 0.3) is 15.7 Å². The molecule has 3 rings (SSSR count). The molecule has 0 amide bonds. The fraction of sp³-hybridized carbons (Fsp3) is 0.105. The third-order valence-corrected chi connectivity index (χ3v) is 5.27. The molecule has 3 aromatic rings. The summed E-state index contributed by atoms with van der Waals surface area (Å²) >= 11 is 0. The summed E-state index contributed by atoms with van der Waals surface area (Å²) in [6.07, 6.45) is 1.66. The molecule has 0 aliphatic carbocycles. The fourth-order valence-electron chi connectivity index (χ4n) is 2.46. The van der Waals surface area contributed by atoms with Crippen LogP contribution in [0.5, 0.6) is 5.75 Å². The van der Waals surface area contributed by atoms with Crippen molar-refractivity contribution in [2.75, 3.05) is 4.72 Å². The highest BCUT2D eigenvalue weighted by atomic mass is 32.2. The van der Waals surface area contributed by atoms with Crippen molar-refractivity contribution in [2.45, 2.75) is 18.4 Å². The van der Waals surface area contributed by atoms with Crippen LogP contribution in [-0.4, -0.2) is 18.3 Å². The van der Waals surface area contributed by atoms with Gasteiger partial charge < -0.3 is 4.74 Å². The Balaban J connectivity index is 1.77. The van der Waals surface area contributed by atoms with Crippen LogP contribution in [-0.2, 0) is 16.6 Å². The Hall–Kier alpha value is -3.46. The molecule has 1 N–H and O–H groups in total. The van der Waals surface area contributed by atoms with Gasteiger partial charge in [-0.05, 0) is 37.3 Å². The topological polar surface area (TPSA) is 111 Å². The van der Waals surface area contributed by atoms with Gasteiger partial charge >= 0.3 is 0 Å². The fourth-order valence-corrected chi connectivity index (χ4v) is 3.53. The molecule has 0 saturated heterocycles. The third kappa shape index (κ3) is 4.63. The van der Waals surface area contributed by atoms with Crippen molar-refractivity contribution in [2.24, 2.45) is 0 Å². The molecule has 0 unspecified atom stereocenters. The summed E-state index contributed by atoms with van der Waals surface area (Å²) in [7, 11) is -3.99. The molecule has 0 bridgehead atoms. The van der Waals surface area contributed by atoms with Gasteiger partial charge in [-0.3, -0.25) is 19.8 Å². The lowest BCUT2D eigenvalue weighted by Crippen LogP contribution is -2.13. The Morgan fingerprint density at radius 2 is 1.93 bits per heavy atom. The summed E-state index contributed by atoms with van der Waals surface area (Å²) in [6.45, 7) is 1.78. The van der Waals surface area contributed by atoms with Crippen LogP contribution in [0.3, 0.4) is 0 Å². The predicted molar refractivity (Wildman–Crippen MR) is 104 cm³/mol. The summed E-state index contributed by atoms with van der Waals surface area (Å²) in [4.78, 5) is 14.4. The van der Waals surface area contributed by atoms with Gasteiger partial charge in [0.15, 0.2) is 0 Å². The first kappa shape index (κ1) is 19.3. The zero-order valence-corrected chi connectivity index (χ0v) is 15.7. The molecule has 0 saturated carbocycles. The normalized spacial score (nSPS) is 11.0. The minimum atomic E-state index is -3.99. The standard InChI is InChI=1S/C19H17N3O5S/c1-14-8-9-18(12-19(14)22(23)24)28(25,26)21-15-6-4-7-17(11-15)27-13-16-5-2-3-10-20-16/h2-12,21H,13H2,1H3. The number of anilines is 1. The smallest absolute Gasteiger partial charge is 0.273 e. The van der Waals surface area contributed by atoms with E-state index in [1.807, 2.05) is 12.1 Å². The van der Waals surface area contributed by atoms with Gasteiger partial charge in [0.1, 0.15) is 12.4 Å². The number of nitro groups is 1. The van der Waals surface area contributed by atoms with E-state index in [1.165, 1.54) is 18.2 Å². The zero-order valence-electron chi connectivity index (χ0n) is 14.9. The number of benzene rings is 2. The SMILES string of the molecule is Cc1ccc(S(=O)(=O)Nc2cccc(OCc3ccccn3)c2)cc1[N+](=O)[O-]. The van der Waals surface area contributed by atoms with Gasteiger partial charge in [-0.2, -0.15) is 0 Å². The van der Waals surface area contributed by atoms with E-state index < -0.39 is 14.9 Å². The molecular formula is C19H17N3O5S. The Morgan fingerprint density at radius 3 is 2.64 bits per heavy atom. The number of sulfonamides is 1. The van der Waals surface area contributed by atoms with E-state index in [2.05, 4.69) is 9.71 Å². The summed E-state index contributed by atoms with van der Waals surface area (Å²) < 4.78 is 33.2. The number of aryl methyl sites for hydroxylation is 1. The number of ether oxygens (including phenoxy) is 1. The molecule has 0 fully saturated rings. The second kappa shape index (κ2) is 8.05. The number of hydrogen-bond acceptors (Lipinski definition) is 6. The summed E-state index contributed by atoms with van der Waals surface area (Å²) in [5.41, 5.74) is 1.14. The van der Waals surface area contributed by atoms with E-state index in [-0.39, 0.29) is 22.9 Å². The Bertz CT molecular complexity index is 1100. The first-order chi connectivity index (χ1) is 13.3. The van der Waals surface area contributed by atoms with Crippen LogP contribution >= 0.6 is 0 Å². The zero-order chi connectivity index (χ0) is 20.1. The third-order valence-electron chi connectivity index (χ3n) is 3.89. The molecule has 0 radical (unpaired) electrons. The monoisotopic (exact) mass is 399 g/mol. The van der Waals surface area contributed by atoms with Crippen molar-refractivity contribution in [3.63, 3.8) is 0 Å². The van der Waals surface area contributed by atoms with E-state index in [0.29, 0.717) is 11.3 Å². The van der Waals surface area contributed by atoms with Crippen LogP contribution in [0, 0.1) is 17.0 Å². The number of rotatable bonds is 7. The van der Waals surface area contributed by atoms with Crippen molar-refractivity contribution in [3.05, 3.63) is 88.2 Å². The molecular weight excluding hydrogens is 382 g/mol. The lowest BCUT2D eigenvalue weighted by Gasteiger charge is -2.11. The molecule has 1 heterocycles. The van der Waals surface area contributed by atoms with Gasteiger partial charge in [-0.1, -0.05) is 18.2 Å². The number of pyridine rings is 1. The maximum absolute atomic E-state index is 12.6. The van der Waals surface area contributed by atoms with Crippen molar-refractivity contribution in [1.82, 2.24) is 4.98 Å². The van der Waals surface area contributed by atoms with Gasteiger partial charge in [-0.25, -0.2) is 8.42 Å². The summed E-state index contributed by atoms with van der Waals surface area (Å²) in [5, 5.41) is 11.1. The lowest BCUT2D eigenvalue weighted by atomic mass is 10.2. The highest BCUT2D eigenvalue weighted by molar-refractivity contribution is 7.92. The predicted octanol–water partition coefficient (Wildman–Crippen LogP) is 3.68. The molecule has 0 spiro atoms. The molecule has 8 nitrogen and oxygen atoms in total. The Morgan fingerprint density at radius 1 is 1.11 bits per heavy atom. The van der Waals surface area contributed by atoms with Crippen molar-refractivity contribution < 1.29 is 18.1 Å². The summed E-state index contributed by atoms with van der Waals surface area (Å²) in [5.74, 6) is 0.459. The Kier molecular flexibility index (Phi) is 5.55. The van der Waals surface area contributed by atoms with Crippen LogP contribution in [0.2, 0.25) is 0 Å². The van der Waals surface area contributed by atoms with E-state index in [0.717, 1.165) is 11.8 Å². The Labute approximate surface area is 162 Å². The van der Waals surface area contributed by atoms with Crippen LogP contribution in [0.15, 0.2) is 71.8 Å². The number of nitrogens with one attached hydrogen (secondary N) is 1. The maximum Gasteiger partial charge on any atom is 0.273 e. The number of aromatic nitrogens is 1. The van der Waals surface area contributed by atoms with E-state index in [1.54, 1.807) is 37.4 Å². The van der Waals surface area contributed by atoms with Gasteiger partial charge in [0.05, 0.1) is 21.2 Å². The number of nitro benzene ring substituents is 1. The van der Waals surface area contributed by atoms with Crippen molar-refractivity contribution in [3.8, 4) is 5.75 Å². The quantitative estimate of drug-likeness (QED) is 0.479. The van der Waals surface area contributed by atoms with Crippen LogP contribution in [0.4, 0.5) is 11.4 Å². The number of nitrogens with zero attached hydrogens (tertiary/aromatic N) is 2. The van der Waals surface area contributed by atoms with Gasteiger partial charge in [0.2, 0.25) is 0 Å². The van der Waals surface area contributed by atoms with Gasteiger partial charge in [0, 0.05) is 23.9 Å². The first-order valence-electron chi connectivity index (χ1n) is 8.26. The number of hydrogen-bond donors (Lipinski definition) is 1. The molecule has 144 valence electrons. The van der Waals surface area contributed by atoms with E-state index >= 15 is 0 Å². The second-order valence-electron chi connectivity index (χ2n) is 5.95. The van der Waals surface area contributed by atoms with E-state index in [4.69, 9.17) is 4.74 Å². The average molecular weight is 399 g/mol. The van der Waals surface area contributed by atoms with Crippen molar-refractivity contribution in [1.29, 1.82) is 0 Å². The molecule has 0 atom stereocenters. The second-order valence-corrected chi connectivity index (χ2v) is 7.63. The first-order valence-corrected chi connectivity index (χ1v) is 9.74. The molecule has 1 aromatic heterocycles. The highest BCUT2D eigenvalue weighted by Gasteiger charge is 2.20. The molecule has 9 heteroatoms. The van der Waals surface area contributed by atoms with E-state index in [9.17, 15) is 18.5 Å². The van der Waals surface area contributed by atoms with Gasteiger partial charge in [-0.15, -0.1) is 0 Å². The van der Waals surface area contributed by atoms with Crippen LogP contribution in [0.1, 0.15) is 11.3 Å². The molecule has 0 aliphatic heterocycles. The highest BCUT2D eigenvalue weighted by Crippen LogP contribution is 2.25. The average Bonchev–Trinajstić information content (AvgIpc) is 2.67. The molecule has 0 aliphatic rings. The lowest BCUT2D eigenvalue weighted by molar-refractivity contribution is -0.385. The molecule has 2 aromatic carbocycles. The minimum absolute atomic E-state index is 0.190. The van der Waals surface area contributed by atoms with Crippen LogP contribution < -0.4 is 9.46 Å².